The molecule has 116 valence electrons. The molecule has 0 saturated carbocycles. The summed E-state index contributed by atoms with van der Waals surface area (Å²) in [6.07, 6.45) is 1.81. The van der Waals surface area contributed by atoms with E-state index in [0.29, 0.717) is 11.6 Å². The third kappa shape index (κ3) is 2.32. The van der Waals surface area contributed by atoms with Gasteiger partial charge in [0.2, 0.25) is 6.41 Å². The molecule has 1 unspecified atom stereocenters. The number of carbonyl (C=O) groups is 1. The highest BCUT2D eigenvalue weighted by atomic mass is 35.5. The first kappa shape index (κ1) is 14.3. The maximum atomic E-state index is 11.6. The fraction of sp³-hybridized carbons (Fsp3) is 0.211. The van der Waals surface area contributed by atoms with Crippen molar-refractivity contribution in [3.05, 3.63) is 69.9 Å². The SMILES string of the molecule is Cc1ccc2[nH]c3c(c2c1)CCN(C=O)C3c1cccc(Cl)c1. The van der Waals surface area contributed by atoms with E-state index in [0.717, 1.165) is 29.6 Å². The van der Waals surface area contributed by atoms with Crippen LogP contribution in [0.25, 0.3) is 10.9 Å². The molecule has 0 radical (unpaired) electrons. The van der Waals surface area contributed by atoms with Crippen molar-refractivity contribution in [3.8, 4) is 0 Å². The van der Waals surface area contributed by atoms with Crippen molar-refractivity contribution >= 4 is 28.9 Å². The van der Waals surface area contributed by atoms with Crippen molar-refractivity contribution in [2.75, 3.05) is 6.54 Å². The van der Waals surface area contributed by atoms with Crippen molar-refractivity contribution in [2.45, 2.75) is 19.4 Å². The summed E-state index contributed by atoms with van der Waals surface area (Å²) < 4.78 is 0. The van der Waals surface area contributed by atoms with E-state index in [1.165, 1.54) is 16.5 Å². The standard InChI is InChI=1S/C19H17ClN2O/c1-12-5-6-17-16(9-12)15-7-8-22(11-23)19(18(15)21-17)13-3-2-4-14(20)10-13/h2-6,9-11,19,21H,7-8H2,1H3. The van der Waals surface area contributed by atoms with Gasteiger partial charge in [-0.1, -0.05) is 35.4 Å². The lowest BCUT2D eigenvalue weighted by Crippen LogP contribution is -2.34. The van der Waals surface area contributed by atoms with Crippen molar-refractivity contribution in [1.82, 2.24) is 9.88 Å². The summed E-state index contributed by atoms with van der Waals surface area (Å²) in [5.74, 6) is 0. The van der Waals surface area contributed by atoms with Crippen LogP contribution in [0.1, 0.15) is 28.4 Å². The smallest absolute Gasteiger partial charge is 0.210 e. The van der Waals surface area contributed by atoms with Gasteiger partial charge in [-0.3, -0.25) is 4.79 Å². The summed E-state index contributed by atoms with van der Waals surface area (Å²) >= 11 is 6.16. The molecular weight excluding hydrogens is 308 g/mol. The number of H-pyrrole nitrogens is 1. The first-order valence-electron chi connectivity index (χ1n) is 7.75. The van der Waals surface area contributed by atoms with Crippen molar-refractivity contribution < 1.29 is 4.79 Å². The largest absolute Gasteiger partial charge is 0.356 e. The van der Waals surface area contributed by atoms with E-state index in [2.05, 4.69) is 30.1 Å². The minimum absolute atomic E-state index is 0.109. The quantitative estimate of drug-likeness (QED) is 0.703. The van der Waals surface area contributed by atoms with Gasteiger partial charge in [0.1, 0.15) is 0 Å². The normalized spacial score (nSPS) is 17.3. The van der Waals surface area contributed by atoms with Gasteiger partial charge in [0.05, 0.1) is 6.04 Å². The Morgan fingerprint density at radius 2 is 2.13 bits per heavy atom. The number of nitrogens with zero attached hydrogens (tertiary/aromatic N) is 1. The van der Waals surface area contributed by atoms with Crippen LogP contribution in [-0.2, 0) is 11.2 Å². The molecule has 1 aliphatic rings. The molecule has 23 heavy (non-hydrogen) atoms. The Kier molecular flexibility index (Phi) is 3.38. The molecule has 0 saturated heterocycles. The van der Waals surface area contributed by atoms with E-state index in [4.69, 9.17) is 11.6 Å². The fourth-order valence-corrected chi connectivity index (χ4v) is 3.77. The van der Waals surface area contributed by atoms with Gasteiger partial charge in [-0.15, -0.1) is 0 Å². The lowest BCUT2D eigenvalue weighted by atomic mass is 9.92. The topological polar surface area (TPSA) is 36.1 Å². The first-order chi connectivity index (χ1) is 11.2. The van der Waals surface area contributed by atoms with Gasteiger partial charge in [-0.25, -0.2) is 0 Å². The summed E-state index contributed by atoms with van der Waals surface area (Å²) in [5, 5.41) is 1.95. The van der Waals surface area contributed by atoms with Gasteiger partial charge in [-0.05, 0) is 48.7 Å². The Morgan fingerprint density at radius 3 is 2.91 bits per heavy atom. The Labute approximate surface area is 139 Å². The molecule has 4 rings (SSSR count). The maximum absolute atomic E-state index is 11.6. The molecule has 1 N–H and O–H groups in total. The van der Waals surface area contributed by atoms with Crippen LogP contribution < -0.4 is 0 Å². The molecule has 0 aliphatic carbocycles. The first-order valence-corrected chi connectivity index (χ1v) is 8.13. The minimum Gasteiger partial charge on any atom is -0.356 e. The van der Waals surface area contributed by atoms with Gasteiger partial charge in [0.15, 0.2) is 0 Å². The third-order valence-electron chi connectivity index (χ3n) is 4.62. The molecule has 1 aromatic heterocycles. The van der Waals surface area contributed by atoms with E-state index in [9.17, 15) is 4.79 Å². The number of halogens is 1. The number of hydrogen-bond donors (Lipinski definition) is 1. The van der Waals surface area contributed by atoms with Crippen LogP contribution >= 0.6 is 11.6 Å². The molecule has 2 heterocycles. The maximum Gasteiger partial charge on any atom is 0.210 e. The number of aryl methyl sites for hydroxylation is 1. The van der Waals surface area contributed by atoms with E-state index >= 15 is 0 Å². The molecule has 1 atom stereocenters. The van der Waals surface area contributed by atoms with Gasteiger partial charge in [0, 0.05) is 28.2 Å². The number of amides is 1. The third-order valence-corrected chi connectivity index (χ3v) is 4.85. The van der Waals surface area contributed by atoms with Gasteiger partial charge in [-0.2, -0.15) is 0 Å². The van der Waals surface area contributed by atoms with Crippen molar-refractivity contribution in [3.63, 3.8) is 0 Å². The number of nitrogens with one attached hydrogen (secondary N) is 1. The Morgan fingerprint density at radius 1 is 1.26 bits per heavy atom. The van der Waals surface area contributed by atoms with Crippen LogP contribution in [0, 0.1) is 6.92 Å². The van der Waals surface area contributed by atoms with Crippen LogP contribution in [0.3, 0.4) is 0 Å². The zero-order valence-electron chi connectivity index (χ0n) is 12.8. The highest BCUT2D eigenvalue weighted by Gasteiger charge is 2.30. The summed E-state index contributed by atoms with van der Waals surface area (Å²) in [6, 6.07) is 14.1. The van der Waals surface area contributed by atoms with E-state index < -0.39 is 0 Å². The van der Waals surface area contributed by atoms with Crippen LogP contribution in [0.5, 0.6) is 0 Å². The number of benzene rings is 2. The second-order valence-corrected chi connectivity index (χ2v) is 6.55. The summed E-state index contributed by atoms with van der Waals surface area (Å²) in [5.41, 5.74) is 5.82. The molecule has 1 amide bonds. The van der Waals surface area contributed by atoms with Gasteiger partial charge < -0.3 is 9.88 Å². The number of aromatic amines is 1. The Bertz CT molecular complexity index is 900. The zero-order chi connectivity index (χ0) is 16.0. The van der Waals surface area contributed by atoms with E-state index in [1.54, 1.807) is 0 Å². The van der Waals surface area contributed by atoms with Crippen LogP contribution in [0.4, 0.5) is 0 Å². The van der Waals surface area contributed by atoms with Crippen LogP contribution in [0.2, 0.25) is 5.02 Å². The number of hydrogen-bond acceptors (Lipinski definition) is 1. The molecule has 0 fully saturated rings. The molecule has 4 heteroatoms. The molecular formula is C19H17ClN2O. The van der Waals surface area contributed by atoms with Gasteiger partial charge in [0.25, 0.3) is 0 Å². The second kappa shape index (κ2) is 5.43. The number of aromatic nitrogens is 1. The summed E-state index contributed by atoms with van der Waals surface area (Å²) in [4.78, 5) is 17.0. The lowest BCUT2D eigenvalue weighted by molar-refractivity contribution is -0.120. The molecule has 1 aliphatic heterocycles. The molecule has 0 bridgehead atoms. The predicted molar refractivity (Wildman–Crippen MR) is 92.8 cm³/mol. The number of fused-ring (bicyclic) bond motifs is 3. The van der Waals surface area contributed by atoms with Crippen LogP contribution in [-0.4, -0.2) is 22.8 Å². The average molecular weight is 325 g/mol. The zero-order valence-corrected chi connectivity index (χ0v) is 13.6. The number of carbonyl (C=O) groups excluding carboxylic acids is 1. The highest BCUT2D eigenvalue weighted by Crippen LogP contribution is 2.38. The minimum atomic E-state index is -0.109. The monoisotopic (exact) mass is 324 g/mol. The average Bonchev–Trinajstić information content (AvgIpc) is 2.91. The second-order valence-electron chi connectivity index (χ2n) is 6.12. The molecule has 3 aromatic rings. The molecule has 2 aromatic carbocycles. The van der Waals surface area contributed by atoms with Crippen LogP contribution in [0.15, 0.2) is 42.5 Å². The predicted octanol–water partition coefficient (Wildman–Crippen LogP) is 4.23. The molecule has 0 spiro atoms. The number of rotatable bonds is 2. The summed E-state index contributed by atoms with van der Waals surface area (Å²) in [6.45, 7) is 2.82. The summed E-state index contributed by atoms with van der Waals surface area (Å²) in [7, 11) is 0. The van der Waals surface area contributed by atoms with Gasteiger partial charge >= 0.3 is 0 Å². The van der Waals surface area contributed by atoms with Crippen molar-refractivity contribution in [2.24, 2.45) is 0 Å². The van der Waals surface area contributed by atoms with E-state index in [1.807, 2.05) is 29.2 Å². The Hall–Kier alpha value is -2.26. The lowest BCUT2D eigenvalue weighted by Gasteiger charge is -2.33. The fourth-order valence-electron chi connectivity index (χ4n) is 3.57. The Balaban J connectivity index is 1.94. The van der Waals surface area contributed by atoms with Crippen molar-refractivity contribution in [1.29, 1.82) is 0 Å². The highest BCUT2D eigenvalue weighted by molar-refractivity contribution is 6.30. The molecule has 3 nitrogen and oxygen atoms in total. The van der Waals surface area contributed by atoms with E-state index in [-0.39, 0.29) is 6.04 Å².